The van der Waals surface area contributed by atoms with E-state index in [2.05, 4.69) is 91.9 Å². The third-order valence-electron chi connectivity index (χ3n) is 6.41. The van der Waals surface area contributed by atoms with Gasteiger partial charge in [-0.2, -0.15) is 0 Å². The molecule has 0 saturated heterocycles. The van der Waals surface area contributed by atoms with Crippen molar-refractivity contribution in [3.05, 3.63) is 90.5 Å². The molecule has 0 saturated carbocycles. The van der Waals surface area contributed by atoms with Crippen molar-refractivity contribution in [2.45, 2.75) is 6.92 Å². The molecular weight excluding hydrogens is 350 g/mol. The molecule has 0 radical (unpaired) electrons. The predicted molar refractivity (Wildman–Crippen MR) is 125 cm³/mol. The Morgan fingerprint density at radius 2 is 1.17 bits per heavy atom. The first-order chi connectivity index (χ1) is 14.3. The molecule has 0 spiro atoms. The van der Waals surface area contributed by atoms with Gasteiger partial charge in [-0.05, 0) is 56.8 Å². The van der Waals surface area contributed by atoms with E-state index in [1.165, 1.54) is 59.4 Å². The van der Waals surface area contributed by atoms with Crippen LogP contribution in [0.4, 0.5) is 0 Å². The van der Waals surface area contributed by atoms with Crippen LogP contribution in [-0.2, 0) is 0 Å². The molecule has 0 atom stereocenters. The fraction of sp³-hybridized carbons (Fsp3) is 0.0357. The number of benzene rings is 6. The monoisotopic (exact) mass is 367 g/mol. The Morgan fingerprint density at radius 3 is 2.07 bits per heavy atom. The van der Waals surface area contributed by atoms with Gasteiger partial charge in [-0.1, -0.05) is 78.4 Å². The van der Waals surface area contributed by atoms with Gasteiger partial charge < -0.3 is 0 Å². The molecule has 7 rings (SSSR count). The van der Waals surface area contributed by atoms with E-state index in [4.69, 9.17) is 4.98 Å². The highest BCUT2D eigenvalue weighted by Gasteiger charge is 2.17. The quantitative estimate of drug-likeness (QED) is 0.197. The average molecular weight is 367 g/mol. The fourth-order valence-corrected chi connectivity index (χ4v) is 5.18. The smallest absolute Gasteiger partial charge is 0.0722 e. The van der Waals surface area contributed by atoms with E-state index in [-0.39, 0.29) is 0 Å². The number of fused-ring (bicyclic) bond motifs is 7. The highest BCUT2D eigenvalue weighted by atomic mass is 14.7. The topological polar surface area (TPSA) is 12.9 Å². The van der Waals surface area contributed by atoms with Gasteiger partial charge in [-0.15, -0.1) is 0 Å². The second-order valence-corrected chi connectivity index (χ2v) is 8.08. The highest BCUT2D eigenvalue weighted by Crippen LogP contribution is 2.44. The Morgan fingerprint density at radius 1 is 0.483 bits per heavy atom. The summed E-state index contributed by atoms with van der Waals surface area (Å²) in [6.07, 6.45) is 0. The minimum Gasteiger partial charge on any atom is -0.248 e. The first kappa shape index (κ1) is 15.2. The Hall–Kier alpha value is -3.71. The second-order valence-electron chi connectivity index (χ2n) is 8.08. The number of nitrogens with zero attached hydrogens (tertiary/aromatic N) is 1. The molecule has 0 fully saturated rings. The van der Waals surface area contributed by atoms with Crippen molar-refractivity contribution < 1.29 is 0 Å². The maximum absolute atomic E-state index is 5.12. The van der Waals surface area contributed by atoms with Crippen LogP contribution < -0.4 is 0 Å². The average Bonchev–Trinajstić information content (AvgIpc) is 2.77. The standard InChI is InChI=1S/C28H17N/c1-16-9-10-17-11-13-23-26(22(17)15-16)27-21-7-3-2-6-19(21)20-8-4-5-18-12-14-24(29-23)28(27)25(18)20/h2-15H,1H3. The lowest BCUT2D eigenvalue weighted by atomic mass is 9.88. The number of aryl methyl sites for hydroxylation is 1. The SMILES string of the molecule is Cc1ccc2ccc3nc4ccc5cccc6c7ccccc7c(c3c2c1)c4c56. The Balaban J connectivity index is 1.96. The van der Waals surface area contributed by atoms with Crippen LogP contribution in [0.25, 0.3) is 64.9 Å². The summed E-state index contributed by atoms with van der Waals surface area (Å²) < 4.78 is 0. The second kappa shape index (κ2) is 5.21. The van der Waals surface area contributed by atoms with Crippen molar-refractivity contribution in [2.75, 3.05) is 0 Å². The maximum atomic E-state index is 5.12. The number of hydrogen-bond donors (Lipinski definition) is 0. The summed E-state index contributed by atoms with van der Waals surface area (Å²) in [5.74, 6) is 0. The van der Waals surface area contributed by atoms with Crippen LogP contribution in [-0.4, -0.2) is 4.98 Å². The van der Waals surface area contributed by atoms with Crippen molar-refractivity contribution in [1.82, 2.24) is 4.98 Å². The lowest BCUT2D eigenvalue weighted by Crippen LogP contribution is -1.92. The zero-order valence-corrected chi connectivity index (χ0v) is 16.0. The molecule has 0 amide bonds. The van der Waals surface area contributed by atoms with Gasteiger partial charge in [0.25, 0.3) is 0 Å². The molecule has 0 aliphatic heterocycles. The number of aromatic nitrogens is 1. The van der Waals surface area contributed by atoms with Gasteiger partial charge >= 0.3 is 0 Å². The van der Waals surface area contributed by atoms with Crippen LogP contribution in [0, 0.1) is 6.92 Å². The van der Waals surface area contributed by atoms with Gasteiger partial charge in [0.2, 0.25) is 0 Å². The van der Waals surface area contributed by atoms with Crippen LogP contribution in [0.15, 0.2) is 84.9 Å². The van der Waals surface area contributed by atoms with Crippen molar-refractivity contribution in [1.29, 1.82) is 0 Å². The zero-order chi connectivity index (χ0) is 19.1. The van der Waals surface area contributed by atoms with Crippen LogP contribution in [0.3, 0.4) is 0 Å². The first-order valence-electron chi connectivity index (χ1n) is 10.1. The van der Waals surface area contributed by atoms with Crippen LogP contribution in [0.5, 0.6) is 0 Å². The normalized spacial score (nSPS) is 12.3. The lowest BCUT2D eigenvalue weighted by molar-refractivity contribution is 1.50. The minimum absolute atomic E-state index is 1.07. The Kier molecular flexibility index (Phi) is 2.74. The Bertz CT molecular complexity index is 1760. The third kappa shape index (κ3) is 1.87. The molecule has 7 aromatic rings. The highest BCUT2D eigenvalue weighted by molar-refractivity contribution is 6.39. The number of rotatable bonds is 0. The molecule has 1 nitrogen and oxygen atoms in total. The molecule has 134 valence electrons. The molecule has 0 unspecified atom stereocenters. The summed E-state index contributed by atoms with van der Waals surface area (Å²) in [7, 11) is 0. The molecule has 1 heterocycles. The molecule has 0 bridgehead atoms. The van der Waals surface area contributed by atoms with E-state index >= 15 is 0 Å². The summed E-state index contributed by atoms with van der Waals surface area (Å²) in [4.78, 5) is 5.12. The van der Waals surface area contributed by atoms with Gasteiger partial charge in [-0.3, -0.25) is 0 Å². The van der Waals surface area contributed by atoms with Crippen molar-refractivity contribution in [3.8, 4) is 0 Å². The van der Waals surface area contributed by atoms with E-state index in [1.807, 2.05) is 0 Å². The summed E-state index contributed by atoms with van der Waals surface area (Å²) in [5.41, 5.74) is 3.42. The summed E-state index contributed by atoms with van der Waals surface area (Å²) in [6, 6.07) is 31.0. The molecule has 6 aromatic carbocycles. The minimum atomic E-state index is 1.07. The molecule has 0 aliphatic rings. The van der Waals surface area contributed by atoms with Crippen LogP contribution >= 0.6 is 0 Å². The van der Waals surface area contributed by atoms with Gasteiger partial charge in [0.05, 0.1) is 11.0 Å². The van der Waals surface area contributed by atoms with Gasteiger partial charge in [0.15, 0.2) is 0 Å². The van der Waals surface area contributed by atoms with Gasteiger partial charge in [-0.25, -0.2) is 4.98 Å². The number of hydrogen-bond acceptors (Lipinski definition) is 1. The summed E-state index contributed by atoms with van der Waals surface area (Å²) in [5, 5.41) is 13.0. The van der Waals surface area contributed by atoms with Gasteiger partial charge in [0, 0.05) is 16.2 Å². The zero-order valence-electron chi connectivity index (χ0n) is 16.0. The van der Waals surface area contributed by atoms with Crippen molar-refractivity contribution in [3.63, 3.8) is 0 Å². The van der Waals surface area contributed by atoms with Gasteiger partial charge in [0.1, 0.15) is 0 Å². The van der Waals surface area contributed by atoms with E-state index in [0.29, 0.717) is 0 Å². The molecule has 0 N–H and O–H groups in total. The molecule has 1 aromatic heterocycles. The maximum Gasteiger partial charge on any atom is 0.0722 e. The lowest BCUT2D eigenvalue weighted by Gasteiger charge is -2.17. The summed E-state index contributed by atoms with van der Waals surface area (Å²) >= 11 is 0. The van der Waals surface area contributed by atoms with Crippen LogP contribution in [0.2, 0.25) is 0 Å². The van der Waals surface area contributed by atoms with Crippen LogP contribution in [0.1, 0.15) is 5.56 Å². The van der Waals surface area contributed by atoms with E-state index in [1.54, 1.807) is 0 Å². The van der Waals surface area contributed by atoms with Crippen molar-refractivity contribution in [2.24, 2.45) is 0 Å². The first-order valence-corrected chi connectivity index (χ1v) is 10.1. The van der Waals surface area contributed by atoms with E-state index in [0.717, 1.165) is 11.0 Å². The number of pyridine rings is 1. The molecular formula is C28H17N. The molecule has 0 aliphatic carbocycles. The molecule has 29 heavy (non-hydrogen) atoms. The van der Waals surface area contributed by atoms with Crippen molar-refractivity contribution >= 4 is 64.9 Å². The predicted octanol–water partition coefficient (Wildman–Crippen LogP) is 7.75. The molecule has 1 heteroatoms. The summed E-state index contributed by atoms with van der Waals surface area (Å²) in [6.45, 7) is 2.17. The van der Waals surface area contributed by atoms with E-state index in [9.17, 15) is 0 Å². The fourth-order valence-electron chi connectivity index (χ4n) is 5.18. The largest absolute Gasteiger partial charge is 0.248 e. The van der Waals surface area contributed by atoms with E-state index < -0.39 is 0 Å². The third-order valence-corrected chi connectivity index (χ3v) is 6.41. The Labute approximate surface area is 167 Å².